The highest BCUT2D eigenvalue weighted by Crippen LogP contribution is 2.39. The molecule has 1 aliphatic carbocycles. The van der Waals surface area contributed by atoms with E-state index in [-0.39, 0.29) is 11.7 Å². The van der Waals surface area contributed by atoms with E-state index in [1.165, 1.54) is 6.07 Å². The summed E-state index contributed by atoms with van der Waals surface area (Å²) in [7, 11) is 0. The molecule has 0 unspecified atom stereocenters. The van der Waals surface area contributed by atoms with Crippen LogP contribution in [0.15, 0.2) is 67.3 Å². The molecule has 1 saturated carbocycles. The van der Waals surface area contributed by atoms with Crippen molar-refractivity contribution >= 4 is 33.7 Å². The number of piperazine rings is 1. The number of carbonyl (C=O) groups excluding carboxylic acids is 1. The van der Waals surface area contributed by atoms with Gasteiger partial charge in [0.05, 0.1) is 18.5 Å². The molecule has 0 bridgehead atoms. The molecule has 7 rings (SSSR count). The summed E-state index contributed by atoms with van der Waals surface area (Å²) in [6.45, 7) is 5.63. The third-order valence-electron chi connectivity index (χ3n) is 9.33. The number of aromatic nitrogens is 4. The minimum atomic E-state index is -0.194. The van der Waals surface area contributed by atoms with Gasteiger partial charge in [0.25, 0.3) is 0 Å². The standard InChI is InChI=1S/C33H36FN7O/c1-2-38-15-16-39(20-30(38)42)25-8-10-26(11-9-25)41-19-27(31-32(35)36-21-37-33(31)41)22-7-12-29-23(17-22)13-14-40(29)18-24-5-3-4-6-28(24)34/h3-7,12-14,17,19,21,25-26H,2,8-11,15-16,18,20H2,1H3,(H2,35,36,37)/t25-,26+. The van der Waals surface area contributed by atoms with Crippen LogP contribution in [-0.4, -0.2) is 67.0 Å². The van der Waals surface area contributed by atoms with Gasteiger partial charge in [0.15, 0.2) is 0 Å². The first-order valence-corrected chi connectivity index (χ1v) is 15.0. The van der Waals surface area contributed by atoms with E-state index in [9.17, 15) is 9.18 Å². The van der Waals surface area contributed by atoms with Crippen LogP contribution in [0.3, 0.4) is 0 Å². The Kier molecular flexibility index (Phi) is 6.90. The number of anilines is 1. The van der Waals surface area contributed by atoms with Crippen LogP contribution in [0.1, 0.15) is 44.2 Å². The average Bonchev–Trinajstić information content (AvgIpc) is 3.60. The van der Waals surface area contributed by atoms with Crippen molar-refractivity contribution in [1.29, 1.82) is 0 Å². The van der Waals surface area contributed by atoms with Crippen molar-refractivity contribution in [3.63, 3.8) is 0 Å². The van der Waals surface area contributed by atoms with Crippen molar-refractivity contribution < 1.29 is 9.18 Å². The zero-order chi connectivity index (χ0) is 28.8. The highest BCUT2D eigenvalue weighted by Gasteiger charge is 2.32. The first kappa shape index (κ1) is 26.6. The van der Waals surface area contributed by atoms with E-state index >= 15 is 0 Å². The minimum absolute atomic E-state index is 0.194. The van der Waals surface area contributed by atoms with Crippen LogP contribution in [0.2, 0.25) is 0 Å². The van der Waals surface area contributed by atoms with Gasteiger partial charge in [-0.15, -0.1) is 0 Å². The molecule has 2 aliphatic rings. The molecule has 1 amide bonds. The van der Waals surface area contributed by atoms with Crippen molar-refractivity contribution in [2.75, 3.05) is 31.9 Å². The summed E-state index contributed by atoms with van der Waals surface area (Å²) in [5.41, 5.74) is 11.1. The number of hydrogen-bond donors (Lipinski definition) is 1. The predicted molar refractivity (Wildman–Crippen MR) is 163 cm³/mol. The Bertz CT molecular complexity index is 1770. The first-order chi connectivity index (χ1) is 20.5. The molecule has 2 N–H and O–H groups in total. The zero-order valence-electron chi connectivity index (χ0n) is 23.9. The Balaban J connectivity index is 1.15. The molecule has 0 spiro atoms. The van der Waals surface area contributed by atoms with E-state index < -0.39 is 0 Å². The molecule has 8 nitrogen and oxygen atoms in total. The number of fused-ring (bicyclic) bond motifs is 2. The lowest BCUT2D eigenvalue weighted by Crippen LogP contribution is -2.54. The van der Waals surface area contributed by atoms with Gasteiger partial charge < -0.3 is 19.8 Å². The Labute approximate surface area is 244 Å². The van der Waals surface area contributed by atoms with E-state index in [4.69, 9.17) is 10.7 Å². The van der Waals surface area contributed by atoms with E-state index in [2.05, 4.69) is 49.5 Å². The summed E-state index contributed by atoms with van der Waals surface area (Å²) in [5, 5.41) is 1.96. The maximum Gasteiger partial charge on any atom is 0.236 e. The lowest BCUT2D eigenvalue weighted by molar-refractivity contribution is -0.137. The fraction of sp³-hybridized carbons (Fsp3) is 0.364. The summed E-state index contributed by atoms with van der Waals surface area (Å²) in [4.78, 5) is 25.9. The number of nitrogens with two attached hydrogens (primary N) is 1. The van der Waals surface area contributed by atoms with Gasteiger partial charge in [0.2, 0.25) is 5.91 Å². The number of amides is 1. The number of likely N-dealkylation sites (N-methyl/N-ethyl adjacent to an activating group) is 1. The summed E-state index contributed by atoms with van der Waals surface area (Å²) in [5.74, 6) is 0.534. The van der Waals surface area contributed by atoms with Gasteiger partial charge >= 0.3 is 0 Å². The molecule has 1 saturated heterocycles. The van der Waals surface area contributed by atoms with Crippen LogP contribution in [0, 0.1) is 5.82 Å². The first-order valence-electron chi connectivity index (χ1n) is 15.0. The SMILES string of the molecule is CCN1CCN([C@H]2CC[C@@H](n3cc(-c4ccc5c(ccn5Cc5ccccc5F)c4)c4c(N)ncnc43)CC2)CC1=O. The predicted octanol–water partition coefficient (Wildman–Crippen LogP) is 5.47. The molecule has 5 aromatic rings. The van der Waals surface area contributed by atoms with Crippen molar-refractivity contribution in [3.05, 3.63) is 78.6 Å². The van der Waals surface area contributed by atoms with Gasteiger partial charge in [-0.1, -0.05) is 24.3 Å². The fourth-order valence-electron chi connectivity index (χ4n) is 7.00. The third kappa shape index (κ3) is 4.71. The molecule has 4 heterocycles. The smallest absolute Gasteiger partial charge is 0.236 e. The van der Waals surface area contributed by atoms with Crippen molar-refractivity contribution in [3.8, 4) is 11.1 Å². The number of hydrogen-bond acceptors (Lipinski definition) is 5. The van der Waals surface area contributed by atoms with Crippen LogP contribution in [0.4, 0.5) is 10.2 Å². The Hall–Kier alpha value is -4.24. The van der Waals surface area contributed by atoms with Crippen molar-refractivity contribution in [1.82, 2.24) is 28.9 Å². The number of halogens is 1. The number of benzene rings is 2. The van der Waals surface area contributed by atoms with E-state index in [1.54, 1.807) is 12.4 Å². The van der Waals surface area contributed by atoms with Crippen LogP contribution in [0.25, 0.3) is 33.1 Å². The van der Waals surface area contributed by atoms with E-state index in [0.29, 0.717) is 36.6 Å². The van der Waals surface area contributed by atoms with Crippen LogP contribution < -0.4 is 5.73 Å². The maximum atomic E-state index is 14.3. The van der Waals surface area contributed by atoms with Gasteiger partial charge in [0, 0.05) is 66.1 Å². The Morgan fingerprint density at radius 2 is 1.81 bits per heavy atom. The van der Waals surface area contributed by atoms with Gasteiger partial charge in [-0.05, 0) is 62.4 Å². The van der Waals surface area contributed by atoms with Gasteiger partial charge in [-0.3, -0.25) is 9.69 Å². The monoisotopic (exact) mass is 565 g/mol. The number of rotatable bonds is 6. The topological polar surface area (TPSA) is 85.2 Å². The van der Waals surface area contributed by atoms with Crippen LogP contribution in [-0.2, 0) is 11.3 Å². The second kappa shape index (κ2) is 10.9. The second-order valence-electron chi connectivity index (χ2n) is 11.6. The quantitative estimate of drug-likeness (QED) is 0.295. The molecule has 2 aromatic carbocycles. The van der Waals surface area contributed by atoms with E-state index in [1.807, 2.05) is 30.2 Å². The highest BCUT2D eigenvalue weighted by molar-refractivity contribution is 6.02. The molecular formula is C33H36FN7O. The Morgan fingerprint density at radius 3 is 2.60 bits per heavy atom. The molecule has 0 atom stereocenters. The highest BCUT2D eigenvalue weighted by atomic mass is 19.1. The summed E-state index contributed by atoms with van der Waals surface area (Å²) in [6, 6.07) is 16.1. The lowest BCUT2D eigenvalue weighted by Gasteiger charge is -2.41. The van der Waals surface area contributed by atoms with Crippen molar-refractivity contribution in [2.24, 2.45) is 0 Å². The largest absolute Gasteiger partial charge is 0.383 e. The molecule has 9 heteroatoms. The van der Waals surface area contributed by atoms with Gasteiger partial charge in [-0.2, -0.15) is 0 Å². The number of nitrogens with zero attached hydrogens (tertiary/aromatic N) is 6. The molecule has 2 fully saturated rings. The molecular weight excluding hydrogens is 529 g/mol. The normalized spacial score (nSPS) is 20.1. The maximum absolute atomic E-state index is 14.3. The summed E-state index contributed by atoms with van der Waals surface area (Å²) < 4.78 is 18.7. The summed E-state index contributed by atoms with van der Waals surface area (Å²) >= 11 is 0. The Morgan fingerprint density at radius 1 is 1.00 bits per heavy atom. The van der Waals surface area contributed by atoms with E-state index in [0.717, 1.165) is 78.4 Å². The lowest BCUT2D eigenvalue weighted by atomic mass is 9.89. The summed E-state index contributed by atoms with van der Waals surface area (Å²) in [6.07, 6.45) is 9.92. The molecule has 42 heavy (non-hydrogen) atoms. The molecule has 216 valence electrons. The molecule has 0 radical (unpaired) electrons. The number of nitrogen functional groups attached to an aromatic ring is 1. The minimum Gasteiger partial charge on any atom is -0.383 e. The molecule has 1 aliphatic heterocycles. The van der Waals surface area contributed by atoms with Gasteiger partial charge in [0.1, 0.15) is 23.6 Å². The third-order valence-corrected chi connectivity index (χ3v) is 9.33. The number of carbonyl (C=O) groups is 1. The fourth-order valence-corrected chi connectivity index (χ4v) is 7.00. The second-order valence-corrected chi connectivity index (χ2v) is 11.6. The van der Waals surface area contributed by atoms with Gasteiger partial charge in [-0.25, -0.2) is 14.4 Å². The van der Waals surface area contributed by atoms with Crippen LogP contribution in [0.5, 0.6) is 0 Å². The van der Waals surface area contributed by atoms with Crippen molar-refractivity contribution in [2.45, 2.75) is 51.2 Å². The molecule has 3 aromatic heterocycles. The average molecular weight is 566 g/mol. The van der Waals surface area contributed by atoms with Crippen LogP contribution >= 0.6 is 0 Å². The zero-order valence-corrected chi connectivity index (χ0v) is 23.9.